The van der Waals surface area contributed by atoms with E-state index in [0.717, 1.165) is 11.1 Å². The molecule has 2 atom stereocenters. The minimum absolute atomic E-state index is 0.385. The lowest BCUT2D eigenvalue weighted by Gasteiger charge is -2.21. The molecule has 130 valence electrons. The highest BCUT2D eigenvalue weighted by Crippen LogP contribution is 2.19. The number of aliphatic hydroxyl groups is 2. The van der Waals surface area contributed by atoms with Crippen LogP contribution in [0.25, 0.3) is 0 Å². The van der Waals surface area contributed by atoms with E-state index in [-0.39, 0.29) is 6.61 Å². The van der Waals surface area contributed by atoms with Gasteiger partial charge in [-0.2, -0.15) is 0 Å². The zero-order chi connectivity index (χ0) is 18.1. The first-order valence-electron chi connectivity index (χ1n) is 7.66. The Morgan fingerprint density at radius 1 is 0.960 bits per heavy atom. The molecule has 0 radical (unpaired) electrons. The van der Waals surface area contributed by atoms with Crippen LogP contribution in [-0.4, -0.2) is 40.6 Å². The van der Waals surface area contributed by atoms with Crippen LogP contribution in [-0.2, 0) is 9.53 Å². The molecule has 0 saturated heterocycles. The van der Waals surface area contributed by atoms with Crippen LogP contribution < -0.4 is 5.48 Å². The molecule has 0 spiro atoms. The Hall–Kier alpha value is -2.69. The second-order valence-corrected chi connectivity index (χ2v) is 5.19. The zero-order valence-corrected chi connectivity index (χ0v) is 13.4. The second kappa shape index (κ2) is 9.57. The van der Waals surface area contributed by atoms with E-state index in [1.807, 2.05) is 30.3 Å². The van der Waals surface area contributed by atoms with E-state index >= 15 is 0 Å². The predicted molar refractivity (Wildman–Crippen MR) is 90.6 cm³/mol. The smallest absolute Gasteiger partial charge is 0.274 e. The molecule has 25 heavy (non-hydrogen) atoms. The van der Waals surface area contributed by atoms with Crippen LogP contribution in [0.2, 0.25) is 0 Å². The molecular formula is C19H19NO5. The van der Waals surface area contributed by atoms with Crippen molar-refractivity contribution in [1.29, 1.82) is 0 Å². The number of carbonyl (C=O) groups excluding carboxylic acids is 1. The summed E-state index contributed by atoms with van der Waals surface area (Å²) in [6, 6.07) is 16.6. The number of aliphatic hydroxyl groups excluding tert-OH is 2. The van der Waals surface area contributed by atoms with Gasteiger partial charge in [-0.3, -0.25) is 10.0 Å². The topological polar surface area (TPSA) is 99.0 Å². The summed E-state index contributed by atoms with van der Waals surface area (Å²) in [6.45, 7) is -1.01. The Balaban J connectivity index is 2.09. The van der Waals surface area contributed by atoms with Crippen molar-refractivity contribution in [3.63, 3.8) is 0 Å². The van der Waals surface area contributed by atoms with Gasteiger partial charge in [0.25, 0.3) is 5.91 Å². The molecule has 2 aromatic carbocycles. The standard InChI is InChI=1S/C19H19NO5/c21-12-17(25-18(13-22)19(23)20-24)16-10-8-15(9-11-16)7-6-14-4-2-1-3-5-14/h1-5,8-11,17-18,21-22,24H,12-13H2,(H,20,23)/t17-,18+/m0/s1. The number of amides is 1. The maximum atomic E-state index is 11.4. The average molecular weight is 341 g/mol. The molecule has 0 aliphatic carbocycles. The van der Waals surface area contributed by atoms with Crippen LogP contribution in [0.3, 0.4) is 0 Å². The van der Waals surface area contributed by atoms with Crippen LogP contribution in [0.15, 0.2) is 54.6 Å². The molecule has 0 bridgehead atoms. The normalized spacial score (nSPS) is 12.6. The quantitative estimate of drug-likeness (QED) is 0.357. The minimum atomic E-state index is -1.28. The molecule has 0 fully saturated rings. The van der Waals surface area contributed by atoms with Crippen molar-refractivity contribution in [2.24, 2.45) is 0 Å². The van der Waals surface area contributed by atoms with Gasteiger partial charge < -0.3 is 14.9 Å². The molecule has 0 aromatic heterocycles. The summed E-state index contributed by atoms with van der Waals surface area (Å²) < 4.78 is 5.35. The Kier molecular flexibility index (Phi) is 7.14. The summed E-state index contributed by atoms with van der Waals surface area (Å²) in [6.07, 6.45) is -2.09. The molecule has 0 aliphatic heterocycles. The van der Waals surface area contributed by atoms with Crippen LogP contribution in [0.1, 0.15) is 22.8 Å². The van der Waals surface area contributed by atoms with Gasteiger partial charge >= 0.3 is 0 Å². The van der Waals surface area contributed by atoms with Gasteiger partial charge in [0.1, 0.15) is 6.10 Å². The van der Waals surface area contributed by atoms with Gasteiger partial charge in [-0.1, -0.05) is 42.2 Å². The fraction of sp³-hybridized carbons (Fsp3) is 0.211. The molecule has 2 rings (SSSR count). The van der Waals surface area contributed by atoms with Crippen molar-refractivity contribution in [1.82, 2.24) is 5.48 Å². The molecule has 4 N–H and O–H groups in total. The largest absolute Gasteiger partial charge is 0.393 e. The van der Waals surface area contributed by atoms with E-state index in [0.29, 0.717) is 5.56 Å². The predicted octanol–water partition coefficient (Wildman–Crippen LogP) is 1.00. The second-order valence-electron chi connectivity index (χ2n) is 5.19. The molecule has 0 unspecified atom stereocenters. The third-order valence-electron chi connectivity index (χ3n) is 3.47. The van der Waals surface area contributed by atoms with Gasteiger partial charge in [0.2, 0.25) is 0 Å². The lowest BCUT2D eigenvalue weighted by Crippen LogP contribution is -2.38. The van der Waals surface area contributed by atoms with Gasteiger partial charge in [0, 0.05) is 11.1 Å². The van der Waals surface area contributed by atoms with Crippen molar-refractivity contribution < 1.29 is 25.0 Å². The monoisotopic (exact) mass is 341 g/mol. The van der Waals surface area contributed by atoms with Crippen molar-refractivity contribution in [3.8, 4) is 11.8 Å². The molecular weight excluding hydrogens is 322 g/mol. The summed E-state index contributed by atoms with van der Waals surface area (Å²) in [5.41, 5.74) is 3.73. The van der Waals surface area contributed by atoms with Crippen molar-refractivity contribution >= 4 is 5.91 Å². The first kappa shape index (κ1) is 18.6. The lowest BCUT2D eigenvalue weighted by molar-refractivity contribution is -0.150. The van der Waals surface area contributed by atoms with Crippen molar-refractivity contribution in [2.45, 2.75) is 12.2 Å². The lowest BCUT2D eigenvalue weighted by atomic mass is 10.1. The average Bonchev–Trinajstić information content (AvgIpc) is 2.68. The van der Waals surface area contributed by atoms with Crippen LogP contribution in [0, 0.1) is 11.8 Å². The molecule has 1 amide bonds. The fourth-order valence-corrected chi connectivity index (χ4v) is 2.13. The van der Waals surface area contributed by atoms with Gasteiger partial charge in [-0.25, -0.2) is 5.48 Å². The van der Waals surface area contributed by atoms with E-state index < -0.39 is 24.7 Å². The third kappa shape index (κ3) is 5.41. The SMILES string of the molecule is O=C(NO)[C@@H](CO)O[C@@H](CO)c1ccc(C#Cc2ccccc2)cc1. The van der Waals surface area contributed by atoms with Crippen LogP contribution in [0.5, 0.6) is 0 Å². The van der Waals surface area contributed by atoms with E-state index in [1.165, 1.54) is 5.48 Å². The molecule has 6 heteroatoms. The number of hydroxylamine groups is 1. The van der Waals surface area contributed by atoms with E-state index in [9.17, 15) is 9.90 Å². The Labute approximate surface area is 145 Å². The van der Waals surface area contributed by atoms with Gasteiger partial charge in [0.05, 0.1) is 13.2 Å². The van der Waals surface area contributed by atoms with E-state index in [4.69, 9.17) is 15.1 Å². The highest BCUT2D eigenvalue weighted by Gasteiger charge is 2.23. The number of hydrogen-bond donors (Lipinski definition) is 4. The molecule has 0 heterocycles. The first-order valence-corrected chi connectivity index (χ1v) is 7.66. The van der Waals surface area contributed by atoms with Crippen LogP contribution in [0.4, 0.5) is 0 Å². The number of benzene rings is 2. The molecule has 0 saturated carbocycles. The highest BCUT2D eigenvalue weighted by molar-refractivity contribution is 5.79. The van der Waals surface area contributed by atoms with Gasteiger partial charge in [-0.05, 0) is 29.8 Å². The zero-order valence-electron chi connectivity index (χ0n) is 13.4. The summed E-state index contributed by atoms with van der Waals surface area (Å²) in [5, 5.41) is 27.2. The van der Waals surface area contributed by atoms with Crippen molar-refractivity contribution in [3.05, 3.63) is 71.3 Å². The number of hydrogen-bond acceptors (Lipinski definition) is 5. The van der Waals surface area contributed by atoms with E-state index in [2.05, 4.69) is 11.8 Å². The van der Waals surface area contributed by atoms with Gasteiger partial charge in [0.15, 0.2) is 6.10 Å². The summed E-state index contributed by atoms with van der Waals surface area (Å²) in [5.74, 6) is 5.19. The van der Waals surface area contributed by atoms with Crippen LogP contribution >= 0.6 is 0 Å². The molecule has 0 aliphatic rings. The van der Waals surface area contributed by atoms with Crippen molar-refractivity contribution in [2.75, 3.05) is 13.2 Å². The summed E-state index contributed by atoms with van der Waals surface area (Å²) in [4.78, 5) is 11.4. The Morgan fingerprint density at radius 2 is 1.56 bits per heavy atom. The fourth-order valence-electron chi connectivity index (χ4n) is 2.13. The minimum Gasteiger partial charge on any atom is -0.393 e. The molecule has 6 nitrogen and oxygen atoms in total. The highest BCUT2D eigenvalue weighted by atomic mass is 16.5. The Bertz CT molecular complexity index is 734. The third-order valence-corrected chi connectivity index (χ3v) is 3.47. The Morgan fingerprint density at radius 3 is 2.08 bits per heavy atom. The number of carbonyl (C=O) groups is 1. The summed E-state index contributed by atoms with van der Waals surface area (Å²) >= 11 is 0. The number of ether oxygens (including phenoxy) is 1. The molecule has 2 aromatic rings. The first-order chi connectivity index (χ1) is 12.2. The summed E-state index contributed by atoms with van der Waals surface area (Å²) in [7, 11) is 0. The number of nitrogens with one attached hydrogen (secondary N) is 1. The number of rotatable bonds is 6. The maximum Gasteiger partial charge on any atom is 0.274 e. The van der Waals surface area contributed by atoms with E-state index in [1.54, 1.807) is 24.3 Å². The van der Waals surface area contributed by atoms with Gasteiger partial charge in [-0.15, -0.1) is 0 Å². The maximum absolute atomic E-state index is 11.4.